The van der Waals surface area contributed by atoms with Crippen LogP contribution in [0.15, 0.2) is 59.5 Å². The van der Waals surface area contributed by atoms with Crippen LogP contribution < -0.4 is 10.1 Å². The van der Waals surface area contributed by atoms with Crippen LogP contribution in [0.4, 0.5) is 5.69 Å². The summed E-state index contributed by atoms with van der Waals surface area (Å²) in [5, 5.41) is 2.32. The van der Waals surface area contributed by atoms with Gasteiger partial charge in [0.1, 0.15) is 11.0 Å². The Bertz CT molecular complexity index is 718. The van der Waals surface area contributed by atoms with Crippen LogP contribution in [-0.2, 0) is 14.3 Å². The molecule has 0 aromatic heterocycles. The highest BCUT2D eigenvalue weighted by molar-refractivity contribution is 8.00. The monoisotopic (exact) mass is 373 g/mol. The summed E-state index contributed by atoms with van der Waals surface area (Å²) in [7, 11) is 0. The van der Waals surface area contributed by atoms with Crippen molar-refractivity contribution >= 4 is 29.3 Å². The molecule has 0 spiro atoms. The van der Waals surface area contributed by atoms with Crippen LogP contribution >= 0.6 is 11.8 Å². The second kappa shape index (κ2) is 9.87. The van der Waals surface area contributed by atoms with Crippen LogP contribution in [0.1, 0.15) is 20.8 Å². The average molecular weight is 373 g/mol. The molecule has 26 heavy (non-hydrogen) atoms. The normalized spacial score (nSPS) is 12.7. The molecule has 2 atom stereocenters. The van der Waals surface area contributed by atoms with Gasteiger partial charge in [-0.15, -0.1) is 11.8 Å². The van der Waals surface area contributed by atoms with Crippen molar-refractivity contribution < 1.29 is 19.1 Å². The van der Waals surface area contributed by atoms with Gasteiger partial charge < -0.3 is 14.8 Å². The Kier molecular flexibility index (Phi) is 7.53. The van der Waals surface area contributed by atoms with Gasteiger partial charge >= 0.3 is 5.97 Å². The molecular weight excluding hydrogens is 350 g/mol. The van der Waals surface area contributed by atoms with Crippen molar-refractivity contribution in [2.24, 2.45) is 0 Å². The van der Waals surface area contributed by atoms with Crippen molar-refractivity contribution in [1.82, 2.24) is 0 Å². The fraction of sp³-hybridized carbons (Fsp3) is 0.300. The van der Waals surface area contributed by atoms with Gasteiger partial charge in [-0.2, -0.15) is 0 Å². The van der Waals surface area contributed by atoms with Crippen LogP contribution in [0.3, 0.4) is 0 Å². The Hall–Kier alpha value is -2.47. The second-order valence-electron chi connectivity index (χ2n) is 5.60. The maximum atomic E-state index is 12.2. The average Bonchev–Trinajstić information content (AvgIpc) is 2.64. The van der Waals surface area contributed by atoms with E-state index in [1.165, 1.54) is 11.8 Å². The first kappa shape index (κ1) is 19.8. The molecule has 0 aliphatic carbocycles. The molecule has 1 amide bonds. The predicted molar refractivity (Wildman–Crippen MR) is 104 cm³/mol. The quantitative estimate of drug-likeness (QED) is 0.557. The predicted octanol–water partition coefficient (Wildman–Crippen LogP) is 4.14. The van der Waals surface area contributed by atoms with Gasteiger partial charge in [-0.25, -0.2) is 0 Å². The van der Waals surface area contributed by atoms with Crippen molar-refractivity contribution in [1.29, 1.82) is 0 Å². The minimum Gasteiger partial charge on any atom is -0.494 e. The molecule has 2 rings (SSSR count). The van der Waals surface area contributed by atoms with E-state index in [0.29, 0.717) is 12.3 Å². The Morgan fingerprint density at radius 2 is 1.69 bits per heavy atom. The van der Waals surface area contributed by atoms with Crippen LogP contribution in [0.25, 0.3) is 0 Å². The molecule has 2 aromatic rings. The lowest BCUT2D eigenvalue weighted by Crippen LogP contribution is -2.32. The lowest BCUT2D eigenvalue weighted by Gasteiger charge is -2.16. The first-order chi connectivity index (χ1) is 12.5. The zero-order valence-corrected chi connectivity index (χ0v) is 15.9. The highest BCUT2D eigenvalue weighted by atomic mass is 32.2. The highest BCUT2D eigenvalue weighted by Crippen LogP contribution is 2.24. The van der Waals surface area contributed by atoms with Gasteiger partial charge in [0.15, 0.2) is 6.10 Å². The molecule has 0 unspecified atom stereocenters. The lowest BCUT2D eigenvalue weighted by molar-refractivity contribution is -0.152. The van der Waals surface area contributed by atoms with E-state index in [1.807, 2.05) is 37.3 Å². The van der Waals surface area contributed by atoms with Gasteiger partial charge in [0.05, 0.1) is 6.61 Å². The van der Waals surface area contributed by atoms with E-state index in [9.17, 15) is 9.59 Å². The number of nitrogens with one attached hydrogen (secondary N) is 1. The van der Waals surface area contributed by atoms with E-state index in [2.05, 4.69) is 5.32 Å². The standard InChI is InChI=1S/C20H23NO4S/c1-4-24-17-12-10-16(11-13-17)21-19(22)14(2)25-20(23)15(3)26-18-8-6-5-7-9-18/h5-15H,4H2,1-3H3,(H,21,22)/t14-,15-/m1/s1. The third kappa shape index (κ3) is 6.11. The first-order valence-corrected chi connectivity index (χ1v) is 9.33. The Labute approximate surface area is 158 Å². The molecule has 0 aliphatic rings. The van der Waals surface area contributed by atoms with Gasteiger partial charge in [-0.05, 0) is 57.2 Å². The molecule has 0 bridgehead atoms. The number of anilines is 1. The topological polar surface area (TPSA) is 64.6 Å². The fourth-order valence-electron chi connectivity index (χ4n) is 2.12. The van der Waals surface area contributed by atoms with Crippen LogP contribution in [0.5, 0.6) is 5.75 Å². The molecule has 2 aromatic carbocycles. The molecule has 6 heteroatoms. The minimum atomic E-state index is -0.882. The van der Waals surface area contributed by atoms with Crippen molar-refractivity contribution in [3.05, 3.63) is 54.6 Å². The van der Waals surface area contributed by atoms with E-state index in [4.69, 9.17) is 9.47 Å². The summed E-state index contributed by atoms with van der Waals surface area (Å²) in [6.07, 6.45) is -0.882. The number of amides is 1. The Morgan fingerprint density at radius 1 is 1.04 bits per heavy atom. The maximum absolute atomic E-state index is 12.2. The van der Waals surface area contributed by atoms with Crippen molar-refractivity contribution in [2.45, 2.75) is 37.0 Å². The Morgan fingerprint density at radius 3 is 2.31 bits per heavy atom. The molecule has 1 N–H and O–H groups in total. The number of carbonyl (C=O) groups excluding carboxylic acids is 2. The van der Waals surface area contributed by atoms with Gasteiger partial charge in [0, 0.05) is 10.6 Å². The summed E-state index contributed by atoms with van der Waals surface area (Å²) in [5.41, 5.74) is 0.619. The third-order valence-electron chi connectivity index (χ3n) is 3.48. The highest BCUT2D eigenvalue weighted by Gasteiger charge is 2.22. The molecule has 0 heterocycles. The Balaban J connectivity index is 1.84. The summed E-state index contributed by atoms with van der Waals surface area (Å²) >= 11 is 1.40. The first-order valence-electron chi connectivity index (χ1n) is 8.45. The van der Waals surface area contributed by atoms with Gasteiger partial charge in [0.25, 0.3) is 5.91 Å². The number of esters is 1. The van der Waals surface area contributed by atoms with Crippen molar-refractivity contribution in [3.63, 3.8) is 0 Å². The van der Waals surface area contributed by atoms with E-state index in [-0.39, 0.29) is 5.91 Å². The number of carbonyl (C=O) groups is 2. The summed E-state index contributed by atoms with van der Waals surface area (Å²) in [6, 6.07) is 16.6. The lowest BCUT2D eigenvalue weighted by atomic mass is 10.3. The smallest absolute Gasteiger partial charge is 0.319 e. The van der Waals surface area contributed by atoms with Gasteiger partial charge in [-0.3, -0.25) is 9.59 Å². The zero-order chi connectivity index (χ0) is 18.9. The summed E-state index contributed by atoms with van der Waals surface area (Å²) < 4.78 is 10.6. The van der Waals surface area contributed by atoms with Crippen molar-refractivity contribution in [3.8, 4) is 5.75 Å². The van der Waals surface area contributed by atoms with Gasteiger partial charge in [0.2, 0.25) is 0 Å². The summed E-state index contributed by atoms with van der Waals surface area (Å²) in [4.78, 5) is 25.4. The minimum absolute atomic E-state index is 0.376. The molecule has 0 saturated heterocycles. The van der Waals surface area contributed by atoms with Crippen LogP contribution in [0.2, 0.25) is 0 Å². The number of benzene rings is 2. The number of hydrogen-bond acceptors (Lipinski definition) is 5. The number of rotatable bonds is 8. The van der Waals surface area contributed by atoms with E-state index in [0.717, 1.165) is 10.6 Å². The second-order valence-corrected chi connectivity index (χ2v) is 7.01. The number of hydrogen-bond donors (Lipinski definition) is 1. The maximum Gasteiger partial charge on any atom is 0.319 e. The van der Waals surface area contributed by atoms with E-state index >= 15 is 0 Å². The number of thioether (sulfide) groups is 1. The fourth-order valence-corrected chi connectivity index (χ4v) is 2.99. The largest absolute Gasteiger partial charge is 0.494 e. The molecular formula is C20H23NO4S. The SMILES string of the molecule is CCOc1ccc(NC(=O)[C@@H](C)OC(=O)[C@@H](C)Sc2ccccc2)cc1. The van der Waals surface area contributed by atoms with Gasteiger partial charge in [-0.1, -0.05) is 18.2 Å². The third-order valence-corrected chi connectivity index (χ3v) is 4.57. The summed E-state index contributed by atoms with van der Waals surface area (Å²) in [5.74, 6) is -0.0654. The van der Waals surface area contributed by atoms with Crippen LogP contribution in [-0.4, -0.2) is 29.8 Å². The van der Waals surface area contributed by atoms with E-state index in [1.54, 1.807) is 38.1 Å². The van der Waals surface area contributed by atoms with E-state index < -0.39 is 17.3 Å². The van der Waals surface area contributed by atoms with Crippen LogP contribution in [0, 0.1) is 0 Å². The number of ether oxygens (including phenoxy) is 2. The molecule has 5 nitrogen and oxygen atoms in total. The molecule has 0 fully saturated rings. The molecule has 0 aliphatic heterocycles. The molecule has 138 valence electrons. The zero-order valence-electron chi connectivity index (χ0n) is 15.1. The molecule has 0 saturated carbocycles. The molecule has 0 radical (unpaired) electrons. The van der Waals surface area contributed by atoms with Crippen molar-refractivity contribution in [2.75, 3.05) is 11.9 Å². The summed E-state index contributed by atoms with van der Waals surface area (Å²) in [6.45, 7) is 5.81.